The maximum absolute atomic E-state index is 13.7. The Morgan fingerprint density at radius 3 is 2.54 bits per heavy atom. The Bertz CT molecular complexity index is 1310. The van der Waals surface area contributed by atoms with Crippen LogP contribution >= 0.6 is 11.8 Å². The van der Waals surface area contributed by atoms with Crippen LogP contribution in [0.1, 0.15) is 43.2 Å². The van der Waals surface area contributed by atoms with Gasteiger partial charge in [0, 0.05) is 34.6 Å². The highest BCUT2D eigenvalue weighted by atomic mass is 32.2. The highest BCUT2D eigenvalue weighted by Crippen LogP contribution is 2.41. The lowest BCUT2D eigenvalue weighted by Gasteiger charge is -2.36. The Morgan fingerprint density at radius 1 is 0.973 bits per heavy atom. The van der Waals surface area contributed by atoms with Crippen LogP contribution in [0.3, 0.4) is 0 Å². The maximum Gasteiger partial charge on any atom is 0.328 e. The van der Waals surface area contributed by atoms with Gasteiger partial charge in [0.2, 0.25) is 5.91 Å². The minimum absolute atomic E-state index is 0.0508. The second kappa shape index (κ2) is 11.3. The molecule has 5 rings (SSSR count). The van der Waals surface area contributed by atoms with Crippen LogP contribution in [0, 0.1) is 5.41 Å². The topological polar surface area (TPSA) is 78.4 Å². The summed E-state index contributed by atoms with van der Waals surface area (Å²) in [5.74, 6) is 0.141. The molecule has 6 heteroatoms. The van der Waals surface area contributed by atoms with E-state index >= 15 is 0 Å². The zero-order chi connectivity index (χ0) is 25.7. The van der Waals surface area contributed by atoms with E-state index in [9.17, 15) is 9.59 Å². The van der Waals surface area contributed by atoms with Gasteiger partial charge in [-0.2, -0.15) is 0 Å². The van der Waals surface area contributed by atoms with Crippen LogP contribution in [-0.2, 0) is 16.0 Å². The number of carbonyl (C=O) groups excluding carboxylic acids is 1. The first-order valence-electron chi connectivity index (χ1n) is 12.9. The van der Waals surface area contributed by atoms with Crippen molar-refractivity contribution in [3.05, 3.63) is 83.9 Å². The third-order valence-electron chi connectivity index (χ3n) is 7.34. The lowest BCUT2D eigenvalue weighted by atomic mass is 9.69. The van der Waals surface area contributed by atoms with Crippen LogP contribution < -0.4 is 10.6 Å². The number of amides is 1. The Morgan fingerprint density at radius 2 is 1.76 bits per heavy atom. The van der Waals surface area contributed by atoms with Crippen molar-refractivity contribution >= 4 is 41.1 Å². The Kier molecular flexibility index (Phi) is 7.65. The first kappa shape index (κ1) is 25.2. The van der Waals surface area contributed by atoms with Gasteiger partial charge in [-0.05, 0) is 71.9 Å². The second-order valence-electron chi connectivity index (χ2n) is 9.95. The molecule has 5 nitrogen and oxygen atoms in total. The number of rotatable bonds is 7. The molecule has 0 spiro atoms. The van der Waals surface area contributed by atoms with E-state index in [1.165, 1.54) is 33.3 Å². The fraction of sp³-hybridized carbons (Fsp3) is 0.290. The molecule has 0 atom stereocenters. The van der Waals surface area contributed by atoms with E-state index in [1.54, 1.807) is 0 Å². The summed E-state index contributed by atoms with van der Waals surface area (Å²) >= 11 is 1.90. The van der Waals surface area contributed by atoms with Crippen molar-refractivity contribution in [1.29, 1.82) is 0 Å². The van der Waals surface area contributed by atoms with E-state index in [0.717, 1.165) is 56.0 Å². The molecule has 1 heterocycles. The zero-order valence-electron chi connectivity index (χ0n) is 20.8. The van der Waals surface area contributed by atoms with Gasteiger partial charge < -0.3 is 15.7 Å². The van der Waals surface area contributed by atoms with Crippen molar-refractivity contribution in [3.63, 3.8) is 0 Å². The van der Waals surface area contributed by atoms with Crippen molar-refractivity contribution in [2.75, 3.05) is 22.9 Å². The molecule has 1 aliphatic heterocycles. The largest absolute Gasteiger partial charge is 0.478 e. The number of nitrogens with one attached hydrogen (secondary N) is 2. The van der Waals surface area contributed by atoms with Gasteiger partial charge in [-0.1, -0.05) is 61.7 Å². The Balaban J connectivity index is 1.32. The van der Waals surface area contributed by atoms with Crippen LogP contribution in [0.2, 0.25) is 0 Å². The fourth-order valence-corrected chi connectivity index (χ4v) is 6.31. The van der Waals surface area contributed by atoms with E-state index in [4.69, 9.17) is 5.11 Å². The highest BCUT2D eigenvalue weighted by Gasteiger charge is 2.39. The molecule has 0 unspecified atom stereocenters. The number of carboxylic acid groups (broad SMARTS) is 1. The second-order valence-corrected chi connectivity index (χ2v) is 11.1. The molecular weight excluding hydrogens is 480 g/mol. The number of thioether (sulfide) groups is 1. The molecule has 1 amide bonds. The summed E-state index contributed by atoms with van der Waals surface area (Å²) in [7, 11) is 0. The molecule has 3 N–H and O–H groups in total. The normalized spacial score (nSPS) is 16.5. The van der Waals surface area contributed by atoms with E-state index in [1.807, 2.05) is 36.0 Å². The number of benzene rings is 3. The minimum Gasteiger partial charge on any atom is -0.478 e. The lowest BCUT2D eigenvalue weighted by molar-refractivity contribution is -0.131. The fourth-order valence-electron chi connectivity index (χ4n) is 5.38. The minimum atomic E-state index is -0.996. The van der Waals surface area contributed by atoms with Gasteiger partial charge in [-0.25, -0.2) is 4.79 Å². The van der Waals surface area contributed by atoms with Crippen LogP contribution in [0.5, 0.6) is 0 Å². The number of carboxylic acids is 1. The number of hydrogen-bond donors (Lipinski definition) is 3. The molecule has 37 heavy (non-hydrogen) atoms. The highest BCUT2D eigenvalue weighted by molar-refractivity contribution is 7.99. The quantitative estimate of drug-likeness (QED) is 0.294. The molecule has 0 radical (unpaired) electrons. The van der Waals surface area contributed by atoms with Gasteiger partial charge in [0.05, 0.1) is 5.41 Å². The standard InChI is InChI=1S/C31H32N2O3S/c34-29(35)14-9-22-5-4-6-26(19-22)33-30(36)31(15-2-1-3-16-31)21-23-7-10-24(11-8-23)25-12-13-27-28(20-25)37-18-17-32-27/h4-14,19-20,32H,1-3,15-18,21H2,(H,33,36)(H,34,35)/b14-9+. The summed E-state index contributed by atoms with van der Waals surface area (Å²) in [6, 6.07) is 22.6. The first-order valence-corrected chi connectivity index (χ1v) is 13.9. The van der Waals surface area contributed by atoms with Crippen LogP contribution in [0.15, 0.2) is 77.7 Å². The van der Waals surface area contributed by atoms with Crippen molar-refractivity contribution in [1.82, 2.24) is 0 Å². The molecule has 3 aromatic carbocycles. The molecule has 0 saturated heterocycles. The Hall–Kier alpha value is -3.51. The zero-order valence-corrected chi connectivity index (χ0v) is 21.7. The van der Waals surface area contributed by atoms with E-state index in [0.29, 0.717) is 12.1 Å². The molecular formula is C31H32N2O3S. The number of fused-ring (bicyclic) bond motifs is 1. The number of hydrogen-bond acceptors (Lipinski definition) is 4. The molecule has 190 valence electrons. The van der Waals surface area contributed by atoms with Gasteiger partial charge >= 0.3 is 5.97 Å². The average Bonchev–Trinajstić information content (AvgIpc) is 2.93. The maximum atomic E-state index is 13.7. The van der Waals surface area contributed by atoms with Crippen molar-refractivity contribution in [3.8, 4) is 11.1 Å². The van der Waals surface area contributed by atoms with Gasteiger partial charge in [0.25, 0.3) is 0 Å². The van der Waals surface area contributed by atoms with Gasteiger partial charge in [0.1, 0.15) is 0 Å². The molecule has 0 bridgehead atoms. The van der Waals surface area contributed by atoms with Gasteiger partial charge in [-0.3, -0.25) is 4.79 Å². The monoisotopic (exact) mass is 512 g/mol. The third kappa shape index (κ3) is 6.08. The number of carbonyl (C=O) groups is 2. The summed E-state index contributed by atoms with van der Waals surface area (Å²) in [4.78, 5) is 25.8. The summed E-state index contributed by atoms with van der Waals surface area (Å²) in [6.07, 6.45) is 8.35. The lowest BCUT2D eigenvalue weighted by Crippen LogP contribution is -2.40. The molecule has 1 aliphatic carbocycles. The van der Waals surface area contributed by atoms with Crippen molar-refractivity contribution in [2.45, 2.75) is 43.4 Å². The predicted molar refractivity (Wildman–Crippen MR) is 152 cm³/mol. The molecule has 1 saturated carbocycles. The van der Waals surface area contributed by atoms with Crippen LogP contribution in [0.25, 0.3) is 17.2 Å². The molecule has 2 aliphatic rings. The van der Waals surface area contributed by atoms with Crippen molar-refractivity contribution in [2.24, 2.45) is 5.41 Å². The summed E-state index contributed by atoms with van der Waals surface area (Å²) in [5.41, 5.74) is 5.77. The first-order chi connectivity index (χ1) is 18.0. The molecule has 3 aromatic rings. The average molecular weight is 513 g/mol. The van der Waals surface area contributed by atoms with Gasteiger partial charge in [0.15, 0.2) is 0 Å². The third-order valence-corrected chi connectivity index (χ3v) is 8.40. The SMILES string of the molecule is O=C(O)/C=C/c1cccc(NC(=O)C2(Cc3ccc(-c4ccc5c(c4)SCCN5)cc3)CCCCC2)c1. The van der Waals surface area contributed by atoms with Crippen molar-refractivity contribution < 1.29 is 14.7 Å². The smallest absolute Gasteiger partial charge is 0.328 e. The summed E-state index contributed by atoms with van der Waals surface area (Å²) in [5, 5.41) is 15.5. The Labute approximate surface area is 222 Å². The van der Waals surface area contributed by atoms with E-state index in [2.05, 4.69) is 53.1 Å². The van der Waals surface area contributed by atoms with E-state index in [-0.39, 0.29) is 5.91 Å². The van der Waals surface area contributed by atoms with Gasteiger partial charge in [-0.15, -0.1) is 11.8 Å². The predicted octanol–water partition coefficient (Wildman–Crippen LogP) is 7.10. The van der Waals surface area contributed by atoms with E-state index < -0.39 is 11.4 Å². The number of anilines is 2. The van der Waals surface area contributed by atoms with Crippen LogP contribution in [-0.4, -0.2) is 29.3 Å². The number of aliphatic carboxylic acids is 1. The summed E-state index contributed by atoms with van der Waals surface area (Å²) in [6.45, 7) is 1.01. The molecule has 0 aromatic heterocycles. The summed E-state index contributed by atoms with van der Waals surface area (Å²) < 4.78 is 0. The van der Waals surface area contributed by atoms with Crippen LogP contribution in [0.4, 0.5) is 11.4 Å². The molecule has 1 fully saturated rings.